The fourth-order valence-corrected chi connectivity index (χ4v) is 3.54. The summed E-state index contributed by atoms with van der Waals surface area (Å²) in [5, 5.41) is 3.59. The van der Waals surface area contributed by atoms with E-state index in [9.17, 15) is 0 Å². The van der Waals surface area contributed by atoms with Crippen LogP contribution in [0.2, 0.25) is 0 Å². The number of benzene rings is 2. The summed E-state index contributed by atoms with van der Waals surface area (Å²) in [5.74, 6) is 0.883. The molecule has 1 aromatic heterocycles. The van der Waals surface area contributed by atoms with E-state index >= 15 is 0 Å². The second-order valence-electron chi connectivity index (χ2n) is 6.76. The average molecular weight is 332 g/mol. The molecule has 0 spiro atoms. The number of aromatic nitrogens is 2. The zero-order valence-electron chi connectivity index (χ0n) is 14.4. The summed E-state index contributed by atoms with van der Waals surface area (Å²) in [5.41, 5.74) is 3.31. The van der Waals surface area contributed by atoms with Crippen LogP contribution in [0, 0.1) is 0 Å². The van der Waals surface area contributed by atoms with E-state index in [2.05, 4.69) is 45.5 Å². The minimum Gasteiger partial charge on any atom is -0.365 e. The molecule has 0 aliphatic carbocycles. The van der Waals surface area contributed by atoms with E-state index < -0.39 is 0 Å². The number of fused-ring (bicyclic) bond motifs is 1. The molecule has 25 heavy (non-hydrogen) atoms. The number of rotatable bonds is 5. The molecular weight excluding hydrogens is 308 g/mol. The van der Waals surface area contributed by atoms with Gasteiger partial charge in [0, 0.05) is 19.1 Å². The van der Waals surface area contributed by atoms with Crippen molar-refractivity contribution in [3.8, 4) is 0 Å². The molecule has 1 saturated heterocycles. The highest BCUT2D eigenvalue weighted by Crippen LogP contribution is 2.17. The lowest BCUT2D eigenvalue weighted by atomic mass is 10.0. The van der Waals surface area contributed by atoms with Crippen LogP contribution >= 0.6 is 0 Å². The molecule has 0 unspecified atom stereocenters. The third-order valence-corrected chi connectivity index (χ3v) is 4.87. The van der Waals surface area contributed by atoms with Gasteiger partial charge in [0.05, 0.1) is 17.2 Å². The van der Waals surface area contributed by atoms with Crippen LogP contribution in [0.25, 0.3) is 11.0 Å². The highest BCUT2D eigenvalue weighted by atomic mass is 15.2. The van der Waals surface area contributed by atoms with Crippen LogP contribution in [0.4, 0.5) is 5.82 Å². The Hall–Kier alpha value is -2.46. The number of nitrogens with zero attached hydrogens (tertiary/aromatic N) is 3. The van der Waals surface area contributed by atoms with Gasteiger partial charge in [0.25, 0.3) is 0 Å². The summed E-state index contributed by atoms with van der Waals surface area (Å²) in [4.78, 5) is 11.8. The van der Waals surface area contributed by atoms with Crippen molar-refractivity contribution < 1.29 is 0 Å². The minimum atomic E-state index is 0.444. The summed E-state index contributed by atoms with van der Waals surface area (Å²) in [6.07, 6.45) is 5.39. The Morgan fingerprint density at radius 2 is 1.80 bits per heavy atom. The zero-order chi connectivity index (χ0) is 16.9. The maximum atomic E-state index is 4.70. The summed E-state index contributed by atoms with van der Waals surface area (Å²) < 4.78 is 0. The number of hydrogen-bond acceptors (Lipinski definition) is 4. The molecule has 4 nitrogen and oxygen atoms in total. The van der Waals surface area contributed by atoms with Crippen LogP contribution in [-0.2, 0) is 6.42 Å². The molecule has 0 saturated carbocycles. The van der Waals surface area contributed by atoms with Crippen LogP contribution in [0.5, 0.6) is 0 Å². The smallest absolute Gasteiger partial charge is 0.145 e. The number of anilines is 1. The predicted molar refractivity (Wildman–Crippen MR) is 103 cm³/mol. The third kappa shape index (κ3) is 4.15. The molecule has 0 bridgehead atoms. The maximum Gasteiger partial charge on any atom is 0.145 e. The van der Waals surface area contributed by atoms with Crippen molar-refractivity contribution in [2.24, 2.45) is 0 Å². The lowest BCUT2D eigenvalue weighted by Gasteiger charge is -2.33. The third-order valence-electron chi connectivity index (χ3n) is 4.87. The molecule has 1 aliphatic rings. The Bertz CT molecular complexity index is 818. The van der Waals surface area contributed by atoms with Gasteiger partial charge in [-0.15, -0.1) is 0 Å². The molecule has 1 atom stereocenters. The van der Waals surface area contributed by atoms with Gasteiger partial charge in [-0.25, -0.2) is 4.98 Å². The Morgan fingerprint density at radius 1 is 1.00 bits per heavy atom. The first-order valence-electron chi connectivity index (χ1n) is 9.11. The molecule has 4 rings (SSSR count). The van der Waals surface area contributed by atoms with Gasteiger partial charge in [-0.1, -0.05) is 42.5 Å². The average Bonchev–Trinajstić information content (AvgIpc) is 2.67. The summed E-state index contributed by atoms with van der Waals surface area (Å²) in [7, 11) is 0. The van der Waals surface area contributed by atoms with E-state index in [4.69, 9.17) is 4.98 Å². The number of para-hydroxylation sites is 2. The molecule has 3 aromatic rings. The van der Waals surface area contributed by atoms with Gasteiger partial charge >= 0.3 is 0 Å². The number of hydrogen-bond donors (Lipinski definition) is 1. The topological polar surface area (TPSA) is 41.0 Å². The minimum absolute atomic E-state index is 0.444. The van der Waals surface area contributed by atoms with Crippen molar-refractivity contribution in [1.82, 2.24) is 14.9 Å². The van der Waals surface area contributed by atoms with Crippen LogP contribution in [0.15, 0.2) is 60.8 Å². The van der Waals surface area contributed by atoms with Crippen molar-refractivity contribution >= 4 is 16.9 Å². The number of likely N-dealkylation sites (tertiary alicyclic amines) is 1. The van der Waals surface area contributed by atoms with E-state index in [1.165, 1.54) is 24.9 Å². The molecular formula is C21H24N4. The second kappa shape index (κ2) is 7.62. The van der Waals surface area contributed by atoms with Crippen molar-refractivity contribution in [3.63, 3.8) is 0 Å². The van der Waals surface area contributed by atoms with Gasteiger partial charge < -0.3 is 10.2 Å². The normalized spacial score (nSPS) is 18.3. The Kier molecular flexibility index (Phi) is 4.89. The van der Waals surface area contributed by atoms with Gasteiger partial charge in [-0.2, -0.15) is 0 Å². The Balaban J connectivity index is 1.35. The molecule has 4 heteroatoms. The highest BCUT2D eigenvalue weighted by Gasteiger charge is 2.20. The molecule has 2 heterocycles. The lowest BCUT2D eigenvalue weighted by Crippen LogP contribution is -2.43. The van der Waals surface area contributed by atoms with E-state index in [1.807, 2.05) is 30.5 Å². The van der Waals surface area contributed by atoms with E-state index in [0.717, 1.165) is 36.4 Å². The number of piperidine rings is 1. The first-order valence-corrected chi connectivity index (χ1v) is 9.11. The van der Waals surface area contributed by atoms with Crippen molar-refractivity contribution in [1.29, 1.82) is 0 Å². The fraction of sp³-hybridized carbons (Fsp3) is 0.333. The predicted octanol–water partition coefficient (Wildman–Crippen LogP) is 3.75. The molecule has 1 N–H and O–H groups in total. The molecule has 1 aliphatic heterocycles. The molecule has 1 fully saturated rings. The van der Waals surface area contributed by atoms with Crippen molar-refractivity contribution in [3.05, 3.63) is 66.4 Å². The van der Waals surface area contributed by atoms with E-state index in [-0.39, 0.29) is 0 Å². The monoisotopic (exact) mass is 332 g/mol. The fourth-order valence-electron chi connectivity index (χ4n) is 3.54. The summed E-state index contributed by atoms with van der Waals surface area (Å²) >= 11 is 0. The lowest BCUT2D eigenvalue weighted by molar-refractivity contribution is 0.218. The number of nitrogens with one attached hydrogen (secondary N) is 1. The van der Waals surface area contributed by atoms with Crippen molar-refractivity contribution in [2.75, 3.05) is 25.0 Å². The van der Waals surface area contributed by atoms with Crippen LogP contribution < -0.4 is 5.32 Å². The Labute approximate surface area is 148 Å². The van der Waals surface area contributed by atoms with Crippen molar-refractivity contribution in [2.45, 2.75) is 25.3 Å². The first-order chi connectivity index (χ1) is 12.4. The molecule has 128 valence electrons. The van der Waals surface area contributed by atoms with Crippen LogP contribution in [0.1, 0.15) is 18.4 Å². The standard InChI is InChI=1S/C21H24N4/c1-2-7-17(8-3-1)12-14-25-13-6-9-18(16-25)23-21-15-22-19-10-4-5-11-20(19)24-21/h1-5,7-8,10-11,15,18H,6,9,12-14,16H2,(H,23,24)/t18-/m1/s1. The van der Waals surface area contributed by atoms with Gasteiger partial charge in [0.1, 0.15) is 5.82 Å². The van der Waals surface area contributed by atoms with Crippen LogP contribution in [-0.4, -0.2) is 40.5 Å². The molecule has 2 aromatic carbocycles. The highest BCUT2D eigenvalue weighted by molar-refractivity contribution is 5.75. The van der Waals surface area contributed by atoms with Gasteiger partial charge in [0.15, 0.2) is 0 Å². The quantitative estimate of drug-likeness (QED) is 0.772. The van der Waals surface area contributed by atoms with Gasteiger partial charge in [0.2, 0.25) is 0 Å². The summed E-state index contributed by atoms with van der Waals surface area (Å²) in [6, 6.07) is 19.2. The van der Waals surface area contributed by atoms with Gasteiger partial charge in [-0.3, -0.25) is 4.98 Å². The summed E-state index contributed by atoms with van der Waals surface area (Å²) in [6.45, 7) is 3.38. The second-order valence-corrected chi connectivity index (χ2v) is 6.76. The first kappa shape index (κ1) is 16.0. The van der Waals surface area contributed by atoms with E-state index in [0.29, 0.717) is 6.04 Å². The maximum absolute atomic E-state index is 4.70. The largest absolute Gasteiger partial charge is 0.365 e. The van der Waals surface area contributed by atoms with E-state index in [1.54, 1.807) is 0 Å². The van der Waals surface area contributed by atoms with Crippen LogP contribution in [0.3, 0.4) is 0 Å². The Morgan fingerprint density at radius 3 is 2.68 bits per heavy atom. The zero-order valence-corrected chi connectivity index (χ0v) is 14.4. The SMILES string of the molecule is c1ccc(CCN2CCC[C@@H](Nc3cnc4ccccc4n3)C2)cc1. The van der Waals surface area contributed by atoms with Gasteiger partial charge in [-0.05, 0) is 43.5 Å². The molecule has 0 amide bonds. The molecule has 0 radical (unpaired) electrons.